The molecule has 0 bridgehead atoms. The van der Waals surface area contributed by atoms with Gasteiger partial charge in [-0.3, -0.25) is 19.1 Å². The normalized spacial score (nSPS) is 13.6. The van der Waals surface area contributed by atoms with E-state index in [1.165, 1.54) is 10.8 Å². The van der Waals surface area contributed by atoms with E-state index in [2.05, 4.69) is 9.97 Å². The van der Waals surface area contributed by atoms with Crippen molar-refractivity contribution in [2.24, 2.45) is 0 Å². The van der Waals surface area contributed by atoms with Gasteiger partial charge >= 0.3 is 5.69 Å². The first-order chi connectivity index (χ1) is 14.6. The Hall–Kier alpha value is -3.04. The molecule has 0 saturated heterocycles. The fraction of sp³-hybridized carbons (Fsp3) is 0.238. The van der Waals surface area contributed by atoms with Crippen molar-refractivity contribution in [1.82, 2.24) is 19.4 Å². The second kappa shape index (κ2) is 7.66. The van der Waals surface area contributed by atoms with Crippen LogP contribution in [0.5, 0.6) is 0 Å². The van der Waals surface area contributed by atoms with Crippen LogP contribution in [0, 0.1) is 0 Å². The molecule has 0 aliphatic heterocycles. The summed E-state index contributed by atoms with van der Waals surface area (Å²) in [6.07, 6.45) is 3.25. The second-order valence-corrected chi connectivity index (χ2v) is 9.34. The van der Waals surface area contributed by atoms with Crippen molar-refractivity contribution in [3.8, 4) is 0 Å². The number of carbonyl (C=O) groups excluding carboxylic acids is 1. The Morgan fingerprint density at radius 2 is 1.80 bits per heavy atom. The van der Waals surface area contributed by atoms with Crippen molar-refractivity contribution in [1.29, 1.82) is 0 Å². The van der Waals surface area contributed by atoms with Crippen LogP contribution in [0.15, 0.2) is 56.9 Å². The molecule has 7 nitrogen and oxygen atoms in total. The third-order valence-corrected chi connectivity index (χ3v) is 6.80. The van der Waals surface area contributed by atoms with Gasteiger partial charge < -0.3 is 4.90 Å². The van der Waals surface area contributed by atoms with Gasteiger partial charge in [0, 0.05) is 22.0 Å². The number of nitrogens with zero attached hydrogens (tertiary/aromatic N) is 3. The van der Waals surface area contributed by atoms with Crippen molar-refractivity contribution >= 4 is 39.6 Å². The lowest BCUT2D eigenvalue weighted by atomic mass is 10.2. The van der Waals surface area contributed by atoms with Crippen LogP contribution in [-0.4, -0.2) is 25.3 Å². The molecular formula is C21H18N4O3S2. The van der Waals surface area contributed by atoms with E-state index in [1.807, 2.05) is 35.0 Å². The highest BCUT2D eigenvalue weighted by atomic mass is 32.1. The second-order valence-electron chi connectivity index (χ2n) is 7.28. The van der Waals surface area contributed by atoms with Crippen molar-refractivity contribution in [3.05, 3.63) is 83.4 Å². The average molecular weight is 439 g/mol. The van der Waals surface area contributed by atoms with E-state index >= 15 is 0 Å². The van der Waals surface area contributed by atoms with Gasteiger partial charge in [-0.2, -0.15) is 0 Å². The fourth-order valence-corrected chi connectivity index (χ4v) is 4.93. The van der Waals surface area contributed by atoms with Gasteiger partial charge in [0.2, 0.25) is 0 Å². The van der Waals surface area contributed by atoms with Gasteiger partial charge in [0.25, 0.3) is 11.5 Å². The van der Waals surface area contributed by atoms with E-state index in [0.29, 0.717) is 24.3 Å². The van der Waals surface area contributed by atoms with E-state index in [4.69, 9.17) is 0 Å². The number of nitrogens with one attached hydrogen (secondary N) is 1. The summed E-state index contributed by atoms with van der Waals surface area (Å²) in [5.41, 5.74) is -0.288. The quantitative estimate of drug-likeness (QED) is 0.500. The molecule has 1 amide bonds. The molecule has 9 heteroatoms. The Balaban J connectivity index is 1.54. The number of thiophene rings is 2. The summed E-state index contributed by atoms with van der Waals surface area (Å²) in [6.45, 7) is 0.953. The van der Waals surface area contributed by atoms with Crippen LogP contribution in [0.3, 0.4) is 0 Å². The zero-order chi connectivity index (χ0) is 20.7. The molecule has 0 unspecified atom stereocenters. The number of aromatic amines is 1. The van der Waals surface area contributed by atoms with Gasteiger partial charge in [-0.05, 0) is 41.8 Å². The smallest absolute Gasteiger partial charge is 0.328 e. The predicted molar refractivity (Wildman–Crippen MR) is 117 cm³/mol. The van der Waals surface area contributed by atoms with Crippen LogP contribution in [-0.2, 0) is 13.1 Å². The molecule has 1 aliphatic carbocycles. The molecule has 1 saturated carbocycles. The van der Waals surface area contributed by atoms with E-state index in [-0.39, 0.29) is 17.3 Å². The SMILES string of the molecule is O=C(c1cnc2c(c1)c(=O)[nH]c(=O)n2C1CC1)N(Cc1cccs1)Cc1cccs1. The number of carbonyl (C=O) groups is 1. The van der Waals surface area contributed by atoms with E-state index in [0.717, 1.165) is 22.6 Å². The first kappa shape index (κ1) is 19.0. The van der Waals surface area contributed by atoms with Crippen molar-refractivity contribution in [2.75, 3.05) is 0 Å². The van der Waals surface area contributed by atoms with Gasteiger partial charge in [0.15, 0.2) is 0 Å². The van der Waals surface area contributed by atoms with Crippen LogP contribution < -0.4 is 11.2 Å². The molecule has 5 rings (SSSR count). The highest BCUT2D eigenvalue weighted by Crippen LogP contribution is 2.34. The maximum atomic E-state index is 13.4. The number of amides is 1. The third kappa shape index (κ3) is 3.61. The van der Waals surface area contributed by atoms with Crippen molar-refractivity contribution < 1.29 is 4.79 Å². The summed E-state index contributed by atoms with van der Waals surface area (Å²) in [5, 5.41) is 4.23. The maximum absolute atomic E-state index is 13.4. The van der Waals surface area contributed by atoms with Gasteiger partial charge in [0.1, 0.15) is 5.65 Å². The maximum Gasteiger partial charge on any atom is 0.330 e. The molecule has 0 radical (unpaired) electrons. The topological polar surface area (TPSA) is 88.1 Å². The number of hydrogen-bond acceptors (Lipinski definition) is 6. The molecule has 4 aromatic heterocycles. The van der Waals surface area contributed by atoms with Gasteiger partial charge in [-0.25, -0.2) is 9.78 Å². The van der Waals surface area contributed by atoms with Crippen LogP contribution >= 0.6 is 22.7 Å². The third-order valence-electron chi connectivity index (χ3n) is 5.08. The Bertz CT molecular complexity index is 1280. The zero-order valence-corrected chi connectivity index (χ0v) is 17.5. The lowest BCUT2D eigenvalue weighted by Crippen LogP contribution is -2.32. The average Bonchev–Trinajstić information content (AvgIpc) is 3.20. The van der Waals surface area contributed by atoms with Crippen LogP contribution in [0.2, 0.25) is 0 Å². The summed E-state index contributed by atoms with van der Waals surface area (Å²) in [4.78, 5) is 48.6. The minimum Gasteiger partial charge on any atom is -0.328 e. The highest BCUT2D eigenvalue weighted by molar-refractivity contribution is 7.10. The molecule has 1 fully saturated rings. The number of aromatic nitrogens is 3. The van der Waals surface area contributed by atoms with Crippen molar-refractivity contribution in [3.63, 3.8) is 0 Å². The summed E-state index contributed by atoms with van der Waals surface area (Å²) >= 11 is 3.19. The Labute approximate surface area is 179 Å². The number of hydrogen-bond donors (Lipinski definition) is 1. The number of pyridine rings is 1. The lowest BCUT2D eigenvalue weighted by Gasteiger charge is -2.22. The van der Waals surface area contributed by atoms with Crippen LogP contribution in [0.1, 0.15) is 39.0 Å². The molecule has 0 aromatic carbocycles. The molecule has 4 heterocycles. The van der Waals surface area contributed by atoms with Gasteiger partial charge in [0.05, 0.1) is 24.0 Å². The number of fused-ring (bicyclic) bond motifs is 1. The Morgan fingerprint density at radius 3 is 2.37 bits per heavy atom. The molecule has 0 atom stereocenters. The zero-order valence-electron chi connectivity index (χ0n) is 15.9. The molecular weight excluding hydrogens is 420 g/mol. The van der Waals surface area contributed by atoms with E-state index in [1.54, 1.807) is 33.6 Å². The highest BCUT2D eigenvalue weighted by Gasteiger charge is 2.28. The molecule has 30 heavy (non-hydrogen) atoms. The molecule has 1 aliphatic rings. The summed E-state index contributed by atoms with van der Waals surface area (Å²) in [6, 6.07) is 9.54. The Morgan fingerprint density at radius 1 is 1.13 bits per heavy atom. The van der Waals surface area contributed by atoms with E-state index < -0.39 is 11.2 Å². The molecule has 1 N–H and O–H groups in total. The standard InChI is InChI=1S/C21H18N4O3S2/c26-19-17-9-13(10-22-18(17)25(14-5-6-14)21(28)23-19)20(27)24(11-15-3-1-7-29-15)12-16-4-2-8-30-16/h1-4,7-10,14H,5-6,11-12H2,(H,23,26,28). The minimum atomic E-state index is -0.517. The first-order valence-electron chi connectivity index (χ1n) is 9.59. The molecule has 4 aromatic rings. The van der Waals surface area contributed by atoms with Crippen LogP contribution in [0.4, 0.5) is 0 Å². The lowest BCUT2D eigenvalue weighted by molar-refractivity contribution is 0.0733. The monoisotopic (exact) mass is 438 g/mol. The minimum absolute atomic E-state index is 0.0695. The van der Waals surface area contributed by atoms with Crippen LogP contribution in [0.25, 0.3) is 11.0 Å². The van der Waals surface area contributed by atoms with Gasteiger partial charge in [-0.1, -0.05) is 12.1 Å². The summed E-state index contributed by atoms with van der Waals surface area (Å²) < 4.78 is 1.53. The molecule has 0 spiro atoms. The van der Waals surface area contributed by atoms with Gasteiger partial charge in [-0.15, -0.1) is 22.7 Å². The first-order valence-corrected chi connectivity index (χ1v) is 11.3. The largest absolute Gasteiger partial charge is 0.330 e. The fourth-order valence-electron chi connectivity index (χ4n) is 3.49. The number of rotatable bonds is 6. The summed E-state index contributed by atoms with van der Waals surface area (Å²) in [7, 11) is 0. The predicted octanol–water partition coefficient (Wildman–Crippen LogP) is 3.39. The summed E-state index contributed by atoms with van der Waals surface area (Å²) in [5.74, 6) is -0.199. The molecule has 152 valence electrons. The van der Waals surface area contributed by atoms with E-state index in [9.17, 15) is 14.4 Å². The Kier molecular flexibility index (Phi) is 4.84. The number of H-pyrrole nitrogens is 1. The van der Waals surface area contributed by atoms with Crippen molar-refractivity contribution in [2.45, 2.75) is 32.0 Å².